The van der Waals surface area contributed by atoms with Crippen LogP contribution in [0.3, 0.4) is 0 Å². The van der Waals surface area contributed by atoms with E-state index in [-0.39, 0.29) is 6.04 Å². The molecule has 0 radical (unpaired) electrons. The van der Waals surface area contributed by atoms with E-state index in [1.165, 1.54) is 12.0 Å². The quantitative estimate of drug-likeness (QED) is 0.930. The first-order chi connectivity index (χ1) is 10.2. The summed E-state index contributed by atoms with van der Waals surface area (Å²) in [6.45, 7) is 4.39. The van der Waals surface area contributed by atoms with Crippen LogP contribution in [-0.4, -0.2) is 15.6 Å². The molecule has 1 aromatic carbocycles. The zero-order valence-electron chi connectivity index (χ0n) is 12.9. The highest BCUT2D eigenvalue weighted by Gasteiger charge is 2.31. The van der Waals surface area contributed by atoms with E-state index < -0.39 is 0 Å². The second-order valence-corrected chi connectivity index (χ2v) is 6.50. The lowest BCUT2D eigenvalue weighted by Crippen LogP contribution is -2.37. The molecular formula is C18H25N3. The molecule has 3 rings (SSSR count). The molecule has 0 amide bonds. The van der Waals surface area contributed by atoms with Crippen molar-refractivity contribution in [2.45, 2.75) is 57.0 Å². The number of imidazole rings is 1. The molecule has 1 aliphatic carbocycles. The van der Waals surface area contributed by atoms with Gasteiger partial charge in [-0.1, -0.05) is 44.2 Å². The standard InChI is InChI=1S/C18H25N3/c1-13(2)18-20-10-11-21(18)17-12-15(8-9-16(17)19)14-6-4-3-5-7-14/h3-7,10-11,13,15-17H,8-9,12,19H2,1-2H3. The molecule has 0 bridgehead atoms. The number of hydrogen-bond donors (Lipinski definition) is 1. The van der Waals surface area contributed by atoms with Gasteiger partial charge in [-0.2, -0.15) is 0 Å². The Balaban J connectivity index is 1.85. The Morgan fingerprint density at radius 1 is 1.19 bits per heavy atom. The van der Waals surface area contributed by atoms with E-state index in [2.05, 4.69) is 59.9 Å². The SMILES string of the molecule is CC(C)c1nccn1C1CC(c2ccccc2)CCC1N. The Bertz CT molecular complexity index is 573. The van der Waals surface area contributed by atoms with E-state index in [0.717, 1.165) is 18.7 Å². The molecule has 1 fully saturated rings. The van der Waals surface area contributed by atoms with Gasteiger partial charge in [-0.15, -0.1) is 0 Å². The van der Waals surface area contributed by atoms with E-state index in [4.69, 9.17) is 5.73 Å². The molecule has 0 saturated heterocycles. The summed E-state index contributed by atoms with van der Waals surface area (Å²) < 4.78 is 2.32. The van der Waals surface area contributed by atoms with Gasteiger partial charge in [0.15, 0.2) is 0 Å². The Labute approximate surface area is 127 Å². The first kappa shape index (κ1) is 14.3. The van der Waals surface area contributed by atoms with Crippen LogP contribution in [0.25, 0.3) is 0 Å². The fourth-order valence-corrected chi connectivity index (χ4v) is 3.57. The summed E-state index contributed by atoms with van der Waals surface area (Å²) in [6.07, 6.45) is 7.40. The van der Waals surface area contributed by atoms with Crippen molar-refractivity contribution in [3.05, 3.63) is 54.1 Å². The third-order valence-corrected chi connectivity index (χ3v) is 4.71. The highest BCUT2D eigenvalue weighted by atomic mass is 15.1. The summed E-state index contributed by atoms with van der Waals surface area (Å²) in [5.41, 5.74) is 7.88. The van der Waals surface area contributed by atoms with Crippen LogP contribution in [0.1, 0.15) is 62.4 Å². The Kier molecular flexibility index (Phi) is 4.11. The van der Waals surface area contributed by atoms with Crippen LogP contribution in [-0.2, 0) is 0 Å². The van der Waals surface area contributed by atoms with Gasteiger partial charge in [0.25, 0.3) is 0 Å². The van der Waals surface area contributed by atoms with Crippen molar-refractivity contribution < 1.29 is 0 Å². The number of rotatable bonds is 3. The Morgan fingerprint density at radius 3 is 2.67 bits per heavy atom. The highest BCUT2D eigenvalue weighted by molar-refractivity contribution is 5.21. The molecule has 0 spiro atoms. The molecule has 3 heteroatoms. The fraction of sp³-hybridized carbons (Fsp3) is 0.500. The average Bonchev–Trinajstić information content (AvgIpc) is 2.98. The third-order valence-electron chi connectivity index (χ3n) is 4.71. The predicted molar refractivity (Wildman–Crippen MR) is 86.4 cm³/mol. The predicted octanol–water partition coefficient (Wildman–Crippen LogP) is 3.84. The first-order valence-corrected chi connectivity index (χ1v) is 8.00. The second kappa shape index (κ2) is 6.02. The van der Waals surface area contributed by atoms with E-state index in [1.807, 2.05) is 6.20 Å². The van der Waals surface area contributed by atoms with Crippen LogP contribution in [0.4, 0.5) is 0 Å². The fourth-order valence-electron chi connectivity index (χ4n) is 3.57. The summed E-state index contributed by atoms with van der Waals surface area (Å²) >= 11 is 0. The number of nitrogens with two attached hydrogens (primary N) is 1. The molecule has 112 valence electrons. The van der Waals surface area contributed by atoms with Crippen LogP contribution >= 0.6 is 0 Å². The van der Waals surface area contributed by atoms with Gasteiger partial charge >= 0.3 is 0 Å². The molecule has 3 nitrogen and oxygen atoms in total. The van der Waals surface area contributed by atoms with E-state index in [9.17, 15) is 0 Å². The smallest absolute Gasteiger partial charge is 0.111 e. The zero-order valence-corrected chi connectivity index (χ0v) is 12.9. The van der Waals surface area contributed by atoms with Gasteiger partial charge in [-0.3, -0.25) is 0 Å². The number of aromatic nitrogens is 2. The van der Waals surface area contributed by atoms with Gasteiger partial charge in [0, 0.05) is 24.4 Å². The van der Waals surface area contributed by atoms with Crippen molar-refractivity contribution in [2.75, 3.05) is 0 Å². The largest absolute Gasteiger partial charge is 0.330 e. The summed E-state index contributed by atoms with van der Waals surface area (Å²) in [4.78, 5) is 4.53. The van der Waals surface area contributed by atoms with Gasteiger partial charge in [-0.05, 0) is 30.7 Å². The minimum absolute atomic E-state index is 0.233. The van der Waals surface area contributed by atoms with Crippen LogP contribution in [0.2, 0.25) is 0 Å². The van der Waals surface area contributed by atoms with Gasteiger partial charge in [0.2, 0.25) is 0 Å². The number of benzene rings is 1. The molecule has 1 aliphatic rings. The second-order valence-electron chi connectivity index (χ2n) is 6.50. The van der Waals surface area contributed by atoms with E-state index >= 15 is 0 Å². The van der Waals surface area contributed by atoms with Gasteiger partial charge in [0.05, 0.1) is 6.04 Å². The van der Waals surface area contributed by atoms with Crippen LogP contribution in [0.15, 0.2) is 42.7 Å². The van der Waals surface area contributed by atoms with Crippen LogP contribution < -0.4 is 5.73 Å². The summed E-state index contributed by atoms with van der Waals surface area (Å²) in [5, 5.41) is 0. The lowest BCUT2D eigenvalue weighted by Gasteiger charge is -2.36. The molecule has 2 N–H and O–H groups in total. The monoisotopic (exact) mass is 283 g/mol. The zero-order chi connectivity index (χ0) is 14.8. The maximum atomic E-state index is 6.43. The van der Waals surface area contributed by atoms with E-state index in [1.54, 1.807) is 0 Å². The van der Waals surface area contributed by atoms with Crippen molar-refractivity contribution in [1.29, 1.82) is 0 Å². The lowest BCUT2D eigenvalue weighted by atomic mass is 9.79. The number of hydrogen-bond acceptors (Lipinski definition) is 2. The maximum absolute atomic E-state index is 6.43. The minimum Gasteiger partial charge on any atom is -0.330 e. The molecule has 3 atom stereocenters. The summed E-state index contributed by atoms with van der Waals surface area (Å²) in [6, 6.07) is 11.4. The molecule has 21 heavy (non-hydrogen) atoms. The topological polar surface area (TPSA) is 43.8 Å². The van der Waals surface area contributed by atoms with Crippen molar-refractivity contribution in [3.63, 3.8) is 0 Å². The maximum Gasteiger partial charge on any atom is 0.111 e. The molecule has 0 aliphatic heterocycles. The molecule has 2 aromatic rings. The highest BCUT2D eigenvalue weighted by Crippen LogP contribution is 2.39. The molecule has 3 unspecified atom stereocenters. The Hall–Kier alpha value is -1.61. The average molecular weight is 283 g/mol. The molecule has 1 heterocycles. The summed E-state index contributed by atoms with van der Waals surface area (Å²) in [7, 11) is 0. The van der Waals surface area contributed by atoms with E-state index in [0.29, 0.717) is 17.9 Å². The summed E-state index contributed by atoms with van der Waals surface area (Å²) in [5.74, 6) is 2.20. The van der Waals surface area contributed by atoms with Gasteiger partial charge < -0.3 is 10.3 Å². The van der Waals surface area contributed by atoms with Crippen molar-refractivity contribution in [3.8, 4) is 0 Å². The first-order valence-electron chi connectivity index (χ1n) is 8.00. The normalized spacial score (nSPS) is 26.2. The van der Waals surface area contributed by atoms with Crippen molar-refractivity contribution in [2.24, 2.45) is 5.73 Å². The minimum atomic E-state index is 0.233. The molecular weight excluding hydrogens is 258 g/mol. The Morgan fingerprint density at radius 2 is 1.95 bits per heavy atom. The lowest BCUT2D eigenvalue weighted by molar-refractivity contribution is 0.271. The van der Waals surface area contributed by atoms with Crippen LogP contribution in [0, 0.1) is 0 Å². The molecule has 1 aromatic heterocycles. The third kappa shape index (κ3) is 2.88. The number of nitrogens with zero attached hydrogens (tertiary/aromatic N) is 2. The van der Waals surface area contributed by atoms with Crippen molar-refractivity contribution >= 4 is 0 Å². The van der Waals surface area contributed by atoms with Gasteiger partial charge in [0.1, 0.15) is 5.82 Å². The van der Waals surface area contributed by atoms with Crippen LogP contribution in [0.5, 0.6) is 0 Å². The van der Waals surface area contributed by atoms with Gasteiger partial charge in [-0.25, -0.2) is 4.98 Å². The van der Waals surface area contributed by atoms with Crippen molar-refractivity contribution in [1.82, 2.24) is 9.55 Å². The molecule has 1 saturated carbocycles.